The summed E-state index contributed by atoms with van der Waals surface area (Å²) < 4.78 is 0. The molecule has 1 aliphatic carbocycles. The van der Waals surface area contributed by atoms with Crippen molar-refractivity contribution in [3.63, 3.8) is 0 Å². The topological polar surface area (TPSA) is 24.9 Å². The molecule has 2 heterocycles. The van der Waals surface area contributed by atoms with E-state index in [1.807, 2.05) is 12.4 Å². The lowest BCUT2D eigenvalue weighted by Gasteiger charge is -2.08. The SMILES string of the molecule is Cc1cncc(C2=C[C@H]3CCN[C@H]3C2)c1. The lowest BCUT2D eigenvalue weighted by Crippen LogP contribution is -2.22. The van der Waals surface area contributed by atoms with Crippen LogP contribution in [0.1, 0.15) is 24.0 Å². The van der Waals surface area contributed by atoms with Crippen LogP contribution in [0, 0.1) is 12.8 Å². The van der Waals surface area contributed by atoms with E-state index in [4.69, 9.17) is 0 Å². The lowest BCUT2D eigenvalue weighted by atomic mass is 10.0. The smallest absolute Gasteiger partial charge is 0.0343 e. The van der Waals surface area contributed by atoms with Gasteiger partial charge in [-0.1, -0.05) is 6.08 Å². The zero-order valence-corrected chi connectivity index (χ0v) is 9.03. The van der Waals surface area contributed by atoms with Gasteiger partial charge in [0.15, 0.2) is 0 Å². The standard InChI is InChI=1S/C13H16N2/c1-9-4-12(8-14-7-9)11-5-10-2-3-15-13(10)6-11/h4-5,7-8,10,13,15H,2-3,6H2,1H3/t10-,13+/m1/s1. The quantitative estimate of drug-likeness (QED) is 0.751. The fourth-order valence-electron chi connectivity index (χ4n) is 2.72. The van der Waals surface area contributed by atoms with Crippen molar-refractivity contribution in [1.29, 1.82) is 0 Å². The van der Waals surface area contributed by atoms with E-state index in [1.54, 1.807) is 0 Å². The number of pyridine rings is 1. The van der Waals surface area contributed by atoms with Crippen molar-refractivity contribution in [3.05, 3.63) is 35.7 Å². The minimum atomic E-state index is 0.695. The van der Waals surface area contributed by atoms with E-state index >= 15 is 0 Å². The lowest BCUT2D eigenvalue weighted by molar-refractivity contribution is 0.563. The maximum Gasteiger partial charge on any atom is 0.0343 e. The molecule has 0 bridgehead atoms. The van der Waals surface area contributed by atoms with Crippen molar-refractivity contribution in [2.24, 2.45) is 5.92 Å². The number of hydrogen-bond acceptors (Lipinski definition) is 2. The van der Waals surface area contributed by atoms with E-state index in [-0.39, 0.29) is 0 Å². The average Bonchev–Trinajstić information content (AvgIpc) is 2.76. The third-order valence-electron chi connectivity index (χ3n) is 3.50. The highest BCUT2D eigenvalue weighted by molar-refractivity contribution is 5.68. The first-order valence-corrected chi connectivity index (χ1v) is 5.69. The summed E-state index contributed by atoms with van der Waals surface area (Å²) in [6.07, 6.45) is 8.82. The third-order valence-corrected chi connectivity index (χ3v) is 3.50. The molecule has 2 heteroatoms. The van der Waals surface area contributed by atoms with Crippen molar-refractivity contribution in [1.82, 2.24) is 10.3 Å². The molecule has 0 aromatic carbocycles. The van der Waals surface area contributed by atoms with Crippen LogP contribution in [0.15, 0.2) is 24.5 Å². The summed E-state index contributed by atoms with van der Waals surface area (Å²) in [6.45, 7) is 3.29. The van der Waals surface area contributed by atoms with Crippen molar-refractivity contribution in [2.75, 3.05) is 6.54 Å². The van der Waals surface area contributed by atoms with Gasteiger partial charge in [0.25, 0.3) is 0 Å². The predicted molar refractivity (Wildman–Crippen MR) is 61.5 cm³/mol. The zero-order valence-electron chi connectivity index (χ0n) is 9.03. The first-order valence-electron chi connectivity index (χ1n) is 5.69. The highest BCUT2D eigenvalue weighted by atomic mass is 15.0. The van der Waals surface area contributed by atoms with Crippen molar-refractivity contribution in [3.8, 4) is 0 Å². The molecular weight excluding hydrogens is 184 g/mol. The Labute approximate surface area is 90.4 Å². The van der Waals surface area contributed by atoms with Gasteiger partial charge in [-0.2, -0.15) is 0 Å². The summed E-state index contributed by atoms with van der Waals surface area (Å²) in [5, 5.41) is 3.56. The number of nitrogens with zero attached hydrogens (tertiary/aromatic N) is 1. The van der Waals surface area contributed by atoms with Crippen LogP contribution in [0.25, 0.3) is 5.57 Å². The first kappa shape index (κ1) is 9.10. The Bertz CT molecular complexity index is 409. The number of aromatic nitrogens is 1. The second kappa shape index (κ2) is 3.46. The van der Waals surface area contributed by atoms with Gasteiger partial charge in [-0.3, -0.25) is 4.98 Å². The Kier molecular flexibility index (Phi) is 2.10. The monoisotopic (exact) mass is 200 g/mol. The molecule has 0 unspecified atom stereocenters. The van der Waals surface area contributed by atoms with Gasteiger partial charge in [0.2, 0.25) is 0 Å². The molecule has 2 nitrogen and oxygen atoms in total. The van der Waals surface area contributed by atoms with Crippen molar-refractivity contribution in [2.45, 2.75) is 25.8 Å². The molecule has 2 aliphatic rings. The van der Waals surface area contributed by atoms with Gasteiger partial charge in [-0.25, -0.2) is 0 Å². The van der Waals surface area contributed by atoms with E-state index in [0.717, 1.165) is 5.92 Å². The summed E-state index contributed by atoms with van der Waals surface area (Å²) in [6, 6.07) is 2.93. The van der Waals surface area contributed by atoms with Gasteiger partial charge < -0.3 is 5.32 Å². The second-order valence-electron chi connectivity index (χ2n) is 4.66. The predicted octanol–water partition coefficient (Wildman–Crippen LogP) is 2.16. The van der Waals surface area contributed by atoms with Crippen molar-refractivity contribution < 1.29 is 0 Å². The van der Waals surface area contributed by atoms with E-state index in [0.29, 0.717) is 6.04 Å². The van der Waals surface area contributed by atoms with Gasteiger partial charge in [-0.05, 0) is 55.0 Å². The third kappa shape index (κ3) is 1.59. The second-order valence-corrected chi connectivity index (χ2v) is 4.66. The van der Waals surface area contributed by atoms with Crippen LogP contribution in [0.5, 0.6) is 0 Å². The van der Waals surface area contributed by atoms with Crippen LogP contribution in [-0.2, 0) is 0 Å². The number of aryl methyl sites for hydroxylation is 1. The van der Waals surface area contributed by atoms with Gasteiger partial charge in [0.05, 0.1) is 0 Å². The molecular formula is C13H16N2. The van der Waals surface area contributed by atoms with E-state index in [9.17, 15) is 0 Å². The Morgan fingerprint density at radius 3 is 3.13 bits per heavy atom. The number of hydrogen-bond donors (Lipinski definition) is 1. The van der Waals surface area contributed by atoms with Crippen LogP contribution in [-0.4, -0.2) is 17.6 Å². The highest BCUT2D eigenvalue weighted by Gasteiger charge is 2.31. The Hall–Kier alpha value is -1.15. The molecule has 2 atom stereocenters. The maximum absolute atomic E-state index is 4.26. The van der Waals surface area contributed by atoms with Gasteiger partial charge >= 0.3 is 0 Å². The molecule has 1 saturated heterocycles. The Morgan fingerprint density at radius 1 is 1.40 bits per heavy atom. The van der Waals surface area contributed by atoms with Crippen LogP contribution in [0.3, 0.4) is 0 Å². The van der Waals surface area contributed by atoms with Gasteiger partial charge in [0, 0.05) is 18.4 Å². The molecule has 0 spiro atoms. The molecule has 1 aliphatic heterocycles. The van der Waals surface area contributed by atoms with Crippen molar-refractivity contribution >= 4 is 5.57 Å². The molecule has 1 fully saturated rings. The van der Waals surface area contributed by atoms with E-state index in [1.165, 1.54) is 36.1 Å². The summed E-state index contributed by atoms with van der Waals surface area (Å²) in [4.78, 5) is 4.26. The first-order chi connectivity index (χ1) is 7.33. The summed E-state index contributed by atoms with van der Waals surface area (Å²) in [5.74, 6) is 0.764. The number of fused-ring (bicyclic) bond motifs is 1. The molecule has 0 saturated carbocycles. The van der Waals surface area contributed by atoms with E-state index < -0.39 is 0 Å². The summed E-state index contributed by atoms with van der Waals surface area (Å²) in [7, 11) is 0. The maximum atomic E-state index is 4.26. The number of rotatable bonds is 1. The Balaban J connectivity index is 1.90. The summed E-state index contributed by atoms with van der Waals surface area (Å²) in [5.41, 5.74) is 4.04. The fourth-order valence-corrected chi connectivity index (χ4v) is 2.72. The normalized spacial score (nSPS) is 29.0. The van der Waals surface area contributed by atoms with Crippen LogP contribution < -0.4 is 5.32 Å². The molecule has 3 rings (SSSR count). The van der Waals surface area contributed by atoms with Crippen LogP contribution >= 0.6 is 0 Å². The largest absolute Gasteiger partial charge is 0.313 e. The minimum Gasteiger partial charge on any atom is -0.313 e. The number of nitrogens with one attached hydrogen (secondary N) is 1. The molecule has 1 aromatic rings. The zero-order chi connectivity index (χ0) is 10.3. The van der Waals surface area contributed by atoms with Crippen LogP contribution in [0.4, 0.5) is 0 Å². The molecule has 15 heavy (non-hydrogen) atoms. The molecule has 0 radical (unpaired) electrons. The van der Waals surface area contributed by atoms with Gasteiger partial charge in [-0.15, -0.1) is 0 Å². The van der Waals surface area contributed by atoms with Gasteiger partial charge in [0.1, 0.15) is 0 Å². The Morgan fingerprint density at radius 2 is 2.33 bits per heavy atom. The molecule has 1 aromatic heterocycles. The highest BCUT2D eigenvalue weighted by Crippen LogP contribution is 2.35. The molecule has 1 N–H and O–H groups in total. The fraction of sp³-hybridized carbons (Fsp3) is 0.462. The van der Waals surface area contributed by atoms with E-state index in [2.05, 4.69) is 29.4 Å². The minimum absolute atomic E-state index is 0.695. The van der Waals surface area contributed by atoms with Crippen LogP contribution in [0.2, 0.25) is 0 Å². The average molecular weight is 200 g/mol. The summed E-state index contributed by atoms with van der Waals surface area (Å²) >= 11 is 0. The molecule has 0 amide bonds. The molecule has 78 valence electrons.